The fourth-order valence-corrected chi connectivity index (χ4v) is 1.94. The number of carbonyl (C=O) groups is 1. The first-order valence-electron chi connectivity index (χ1n) is 7.04. The first-order chi connectivity index (χ1) is 8.77. The Labute approximate surface area is 110 Å². The summed E-state index contributed by atoms with van der Waals surface area (Å²) >= 11 is 0. The van der Waals surface area contributed by atoms with Crippen molar-refractivity contribution in [2.24, 2.45) is 0 Å². The molecule has 1 unspecified atom stereocenters. The molecule has 0 aliphatic carbocycles. The molecule has 0 spiro atoms. The van der Waals surface area contributed by atoms with Gasteiger partial charge < -0.3 is 4.74 Å². The number of hydrogen-bond donors (Lipinski definition) is 0. The summed E-state index contributed by atoms with van der Waals surface area (Å²) < 4.78 is 5.53. The Morgan fingerprint density at radius 2 is 1.83 bits per heavy atom. The van der Waals surface area contributed by atoms with Gasteiger partial charge in [0, 0.05) is 0 Å². The van der Waals surface area contributed by atoms with E-state index in [4.69, 9.17) is 4.74 Å². The predicted octanol–water partition coefficient (Wildman–Crippen LogP) is 4.59. The van der Waals surface area contributed by atoms with Gasteiger partial charge >= 0.3 is 5.97 Å². The summed E-state index contributed by atoms with van der Waals surface area (Å²) in [7, 11) is 0. The van der Waals surface area contributed by atoms with Crippen molar-refractivity contribution in [1.82, 2.24) is 0 Å². The Morgan fingerprint density at radius 3 is 2.44 bits per heavy atom. The molecular formula is C16H24O2. The summed E-state index contributed by atoms with van der Waals surface area (Å²) in [5.41, 5.74) is 0.643. The van der Waals surface area contributed by atoms with Gasteiger partial charge in [0.1, 0.15) is 6.10 Å². The van der Waals surface area contributed by atoms with Crippen molar-refractivity contribution < 1.29 is 9.53 Å². The molecular weight excluding hydrogens is 224 g/mol. The maximum atomic E-state index is 11.9. The molecule has 1 aromatic rings. The SMILES string of the molecule is CCCCCCC(CC)OC(=O)c1ccccc1. The second-order valence-electron chi connectivity index (χ2n) is 4.65. The second-order valence-corrected chi connectivity index (χ2v) is 4.65. The molecule has 0 aliphatic heterocycles. The van der Waals surface area contributed by atoms with Crippen LogP contribution in [0.25, 0.3) is 0 Å². The highest BCUT2D eigenvalue weighted by atomic mass is 16.5. The van der Waals surface area contributed by atoms with Gasteiger partial charge in [0.2, 0.25) is 0 Å². The number of carbonyl (C=O) groups excluding carboxylic acids is 1. The van der Waals surface area contributed by atoms with Gasteiger partial charge in [-0.15, -0.1) is 0 Å². The molecule has 0 bridgehead atoms. The molecule has 0 radical (unpaired) electrons. The maximum absolute atomic E-state index is 11.9. The van der Waals surface area contributed by atoms with E-state index in [0.29, 0.717) is 5.56 Å². The van der Waals surface area contributed by atoms with E-state index in [2.05, 4.69) is 13.8 Å². The Bertz CT molecular complexity index is 332. The molecule has 18 heavy (non-hydrogen) atoms. The van der Waals surface area contributed by atoms with E-state index in [9.17, 15) is 4.79 Å². The van der Waals surface area contributed by atoms with Gasteiger partial charge in [-0.25, -0.2) is 4.79 Å². The van der Waals surface area contributed by atoms with E-state index >= 15 is 0 Å². The summed E-state index contributed by atoms with van der Waals surface area (Å²) in [4.78, 5) is 11.9. The van der Waals surface area contributed by atoms with Gasteiger partial charge in [-0.2, -0.15) is 0 Å². The van der Waals surface area contributed by atoms with Crippen LogP contribution in [0.4, 0.5) is 0 Å². The van der Waals surface area contributed by atoms with Crippen molar-refractivity contribution in [2.75, 3.05) is 0 Å². The van der Waals surface area contributed by atoms with Crippen LogP contribution in [0.2, 0.25) is 0 Å². The van der Waals surface area contributed by atoms with Crippen molar-refractivity contribution in [3.8, 4) is 0 Å². The van der Waals surface area contributed by atoms with E-state index in [1.807, 2.05) is 18.2 Å². The second kappa shape index (κ2) is 8.73. The quantitative estimate of drug-likeness (QED) is 0.496. The standard InChI is InChI=1S/C16H24O2/c1-3-5-6-10-13-15(4-2)18-16(17)14-11-8-7-9-12-14/h7-9,11-12,15H,3-6,10,13H2,1-2H3. The molecule has 0 heterocycles. The third-order valence-corrected chi connectivity index (χ3v) is 3.12. The maximum Gasteiger partial charge on any atom is 0.338 e. The van der Waals surface area contributed by atoms with E-state index in [1.165, 1.54) is 19.3 Å². The topological polar surface area (TPSA) is 26.3 Å². The van der Waals surface area contributed by atoms with Gasteiger partial charge in [0.15, 0.2) is 0 Å². The lowest BCUT2D eigenvalue weighted by molar-refractivity contribution is 0.0267. The average Bonchev–Trinajstić information content (AvgIpc) is 2.43. The van der Waals surface area contributed by atoms with Crippen molar-refractivity contribution in [1.29, 1.82) is 0 Å². The largest absolute Gasteiger partial charge is 0.459 e. The van der Waals surface area contributed by atoms with Crippen LogP contribution in [0, 0.1) is 0 Å². The molecule has 0 aliphatic rings. The molecule has 100 valence electrons. The summed E-state index contributed by atoms with van der Waals surface area (Å²) in [6.45, 7) is 4.27. The van der Waals surface area contributed by atoms with Crippen molar-refractivity contribution >= 4 is 5.97 Å². The number of hydrogen-bond acceptors (Lipinski definition) is 2. The summed E-state index contributed by atoms with van der Waals surface area (Å²) in [5.74, 6) is -0.196. The molecule has 0 aromatic heterocycles. The first kappa shape index (κ1) is 14.7. The van der Waals surface area contributed by atoms with Crippen LogP contribution in [-0.2, 0) is 4.74 Å². The zero-order valence-electron chi connectivity index (χ0n) is 11.5. The van der Waals surface area contributed by atoms with Crippen molar-refractivity contribution in [3.05, 3.63) is 35.9 Å². The number of rotatable bonds is 8. The van der Waals surface area contributed by atoms with Crippen LogP contribution in [-0.4, -0.2) is 12.1 Å². The number of unbranched alkanes of at least 4 members (excludes halogenated alkanes) is 3. The average molecular weight is 248 g/mol. The molecule has 0 fully saturated rings. The zero-order valence-corrected chi connectivity index (χ0v) is 11.5. The predicted molar refractivity (Wildman–Crippen MR) is 74.7 cm³/mol. The van der Waals surface area contributed by atoms with E-state index in [0.717, 1.165) is 19.3 Å². The van der Waals surface area contributed by atoms with Gasteiger partial charge in [-0.1, -0.05) is 51.3 Å². The number of ether oxygens (including phenoxy) is 1. The molecule has 0 N–H and O–H groups in total. The Morgan fingerprint density at radius 1 is 1.11 bits per heavy atom. The van der Waals surface area contributed by atoms with Crippen LogP contribution >= 0.6 is 0 Å². The minimum atomic E-state index is -0.196. The monoisotopic (exact) mass is 248 g/mol. The highest BCUT2D eigenvalue weighted by Gasteiger charge is 2.13. The lowest BCUT2D eigenvalue weighted by atomic mass is 10.1. The highest BCUT2D eigenvalue weighted by molar-refractivity contribution is 5.89. The number of esters is 1. The number of benzene rings is 1. The van der Waals surface area contributed by atoms with Gasteiger partial charge in [0.05, 0.1) is 5.56 Å². The molecule has 0 saturated heterocycles. The highest BCUT2D eigenvalue weighted by Crippen LogP contribution is 2.13. The van der Waals surface area contributed by atoms with Gasteiger partial charge in [0.25, 0.3) is 0 Å². The third-order valence-electron chi connectivity index (χ3n) is 3.12. The Balaban J connectivity index is 2.36. The fraction of sp³-hybridized carbons (Fsp3) is 0.562. The van der Waals surface area contributed by atoms with E-state index in [1.54, 1.807) is 12.1 Å². The molecule has 2 heteroatoms. The van der Waals surface area contributed by atoms with E-state index in [-0.39, 0.29) is 12.1 Å². The minimum Gasteiger partial charge on any atom is -0.459 e. The third kappa shape index (κ3) is 5.35. The van der Waals surface area contributed by atoms with Crippen LogP contribution in [0.1, 0.15) is 62.7 Å². The lowest BCUT2D eigenvalue weighted by Gasteiger charge is -2.16. The molecule has 1 rings (SSSR count). The Kier molecular flexibility index (Phi) is 7.16. The smallest absolute Gasteiger partial charge is 0.338 e. The normalized spacial score (nSPS) is 12.1. The summed E-state index contributed by atoms with van der Waals surface area (Å²) in [5, 5.41) is 0. The van der Waals surface area contributed by atoms with Crippen LogP contribution in [0.5, 0.6) is 0 Å². The fourth-order valence-electron chi connectivity index (χ4n) is 1.94. The van der Waals surface area contributed by atoms with Crippen molar-refractivity contribution in [2.45, 2.75) is 58.5 Å². The lowest BCUT2D eigenvalue weighted by Crippen LogP contribution is -2.17. The van der Waals surface area contributed by atoms with Crippen LogP contribution in [0.15, 0.2) is 30.3 Å². The molecule has 1 atom stereocenters. The molecule has 0 amide bonds. The molecule has 0 saturated carbocycles. The first-order valence-corrected chi connectivity index (χ1v) is 7.04. The summed E-state index contributed by atoms with van der Waals surface area (Å²) in [6.07, 6.45) is 6.82. The molecule has 2 nitrogen and oxygen atoms in total. The van der Waals surface area contributed by atoms with Crippen LogP contribution < -0.4 is 0 Å². The van der Waals surface area contributed by atoms with Crippen molar-refractivity contribution in [3.63, 3.8) is 0 Å². The van der Waals surface area contributed by atoms with E-state index < -0.39 is 0 Å². The zero-order chi connectivity index (χ0) is 13.2. The Hall–Kier alpha value is -1.31. The molecule has 1 aromatic carbocycles. The minimum absolute atomic E-state index is 0.0644. The summed E-state index contributed by atoms with van der Waals surface area (Å²) in [6, 6.07) is 9.22. The van der Waals surface area contributed by atoms with Gasteiger partial charge in [-0.05, 0) is 31.4 Å². The van der Waals surface area contributed by atoms with Crippen LogP contribution in [0.3, 0.4) is 0 Å². The van der Waals surface area contributed by atoms with Gasteiger partial charge in [-0.3, -0.25) is 0 Å².